The lowest BCUT2D eigenvalue weighted by Gasteiger charge is -1.93. The van der Waals surface area contributed by atoms with Gasteiger partial charge in [0.1, 0.15) is 0 Å². The van der Waals surface area contributed by atoms with Crippen molar-refractivity contribution >= 4 is 21.6 Å². The molecule has 3 nitrogen and oxygen atoms in total. The smallest absolute Gasteiger partial charge is 0.212 e. The summed E-state index contributed by atoms with van der Waals surface area (Å²) in [5.74, 6) is -0.170. The van der Waals surface area contributed by atoms with Crippen LogP contribution < -0.4 is 5.14 Å². The van der Waals surface area contributed by atoms with E-state index in [0.29, 0.717) is 5.57 Å². The number of sulfonamides is 1. The summed E-state index contributed by atoms with van der Waals surface area (Å²) in [5.41, 5.74) is 1.74. The van der Waals surface area contributed by atoms with Crippen LogP contribution in [-0.4, -0.2) is 14.2 Å². The van der Waals surface area contributed by atoms with Crippen molar-refractivity contribution in [2.24, 2.45) is 5.14 Å². The van der Waals surface area contributed by atoms with E-state index in [-0.39, 0.29) is 5.75 Å². The van der Waals surface area contributed by atoms with Crippen molar-refractivity contribution in [3.8, 4) is 0 Å². The molecule has 0 amide bonds. The van der Waals surface area contributed by atoms with Gasteiger partial charge in [-0.05, 0) is 12.5 Å². The highest BCUT2D eigenvalue weighted by Gasteiger charge is 2.01. The normalized spacial score (nSPS) is 13.9. The molecule has 0 saturated heterocycles. The van der Waals surface area contributed by atoms with Gasteiger partial charge in [0.15, 0.2) is 0 Å². The van der Waals surface area contributed by atoms with E-state index in [9.17, 15) is 8.42 Å². The van der Waals surface area contributed by atoms with E-state index in [1.54, 1.807) is 6.92 Å². The Morgan fingerprint density at radius 2 is 2.22 bits per heavy atom. The van der Waals surface area contributed by atoms with Gasteiger partial charge in [-0.2, -0.15) is 0 Å². The van der Waals surface area contributed by atoms with E-state index in [1.165, 1.54) is 5.54 Å². The Balaban J connectivity index is 4.07. The van der Waals surface area contributed by atoms with Crippen LogP contribution in [0.1, 0.15) is 6.92 Å². The third-order valence-electron chi connectivity index (χ3n) is 0.615. The third-order valence-corrected chi connectivity index (χ3v) is 1.85. The second-order valence-corrected chi connectivity index (χ2v) is 3.60. The fraction of sp³-hybridized carbons (Fsp3) is 0.500. The van der Waals surface area contributed by atoms with Gasteiger partial charge in [-0.15, -0.1) is 0 Å². The maximum Gasteiger partial charge on any atom is 0.212 e. The van der Waals surface area contributed by atoms with Crippen LogP contribution in [0.15, 0.2) is 11.1 Å². The van der Waals surface area contributed by atoms with Gasteiger partial charge in [0, 0.05) is 5.54 Å². The Hall–Kier alpha value is -0.0600. The molecule has 0 spiro atoms. The van der Waals surface area contributed by atoms with Crippen LogP contribution in [0.2, 0.25) is 0 Å². The van der Waals surface area contributed by atoms with Crippen LogP contribution in [0.5, 0.6) is 0 Å². The van der Waals surface area contributed by atoms with Crippen molar-refractivity contribution in [1.82, 2.24) is 0 Å². The molecule has 0 aromatic rings. The van der Waals surface area contributed by atoms with Crippen molar-refractivity contribution in [3.63, 3.8) is 0 Å². The van der Waals surface area contributed by atoms with Crippen molar-refractivity contribution in [2.75, 3.05) is 5.75 Å². The topological polar surface area (TPSA) is 60.2 Å². The molecular formula is C4H8ClNO2S. The molecule has 0 atom stereocenters. The number of rotatable bonds is 2. The minimum atomic E-state index is -3.39. The van der Waals surface area contributed by atoms with Gasteiger partial charge in [-0.1, -0.05) is 11.6 Å². The van der Waals surface area contributed by atoms with Crippen molar-refractivity contribution < 1.29 is 8.42 Å². The SMILES string of the molecule is C/C(=C/Cl)CS(N)(=O)=O. The van der Waals surface area contributed by atoms with Gasteiger partial charge < -0.3 is 0 Å². The van der Waals surface area contributed by atoms with Gasteiger partial charge >= 0.3 is 0 Å². The predicted molar refractivity (Wildman–Crippen MR) is 37.6 cm³/mol. The molecule has 0 heterocycles. The van der Waals surface area contributed by atoms with Gasteiger partial charge in [-0.25, -0.2) is 13.6 Å². The molecule has 2 N–H and O–H groups in total. The van der Waals surface area contributed by atoms with E-state index >= 15 is 0 Å². The first kappa shape index (κ1) is 8.94. The van der Waals surface area contributed by atoms with Gasteiger partial charge in [0.25, 0.3) is 0 Å². The fourth-order valence-corrected chi connectivity index (χ4v) is 1.24. The number of halogens is 1. The second kappa shape index (κ2) is 3.20. The van der Waals surface area contributed by atoms with Crippen LogP contribution in [-0.2, 0) is 10.0 Å². The summed E-state index contributed by atoms with van der Waals surface area (Å²) in [6.07, 6.45) is 0. The standard InChI is InChI=1S/C4H8ClNO2S/c1-4(2-5)3-9(6,7)8/h2H,3H2,1H3,(H2,6,7,8)/b4-2-. The van der Waals surface area contributed by atoms with Crippen LogP contribution in [0.25, 0.3) is 0 Å². The molecule has 0 aliphatic carbocycles. The lowest BCUT2D eigenvalue weighted by Crippen LogP contribution is -2.16. The highest BCUT2D eigenvalue weighted by Crippen LogP contribution is 1.96. The van der Waals surface area contributed by atoms with E-state index in [1.807, 2.05) is 0 Å². The van der Waals surface area contributed by atoms with Crippen molar-refractivity contribution in [3.05, 3.63) is 11.1 Å². The Labute approximate surface area is 59.5 Å². The number of hydrogen-bond donors (Lipinski definition) is 1. The minimum absolute atomic E-state index is 0.170. The maximum atomic E-state index is 10.3. The maximum absolute atomic E-state index is 10.3. The average Bonchev–Trinajstić information content (AvgIpc) is 1.62. The summed E-state index contributed by atoms with van der Waals surface area (Å²) < 4.78 is 20.6. The molecule has 0 aromatic heterocycles. The number of hydrogen-bond acceptors (Lipinski definition) is 2. The predicted octanol–water partition coefficient (Wildman–Crippen LogP) is 0.418. The van der Waals surface area contributed by atoms with Gasteiger partial charge in [0.05, 0.1) is 5.75 Å². The summed E-state index contributed by atoms with van der Waals surface area (Å²) in [7, 11) is -3.39. The third kappa shape index (κ3) is 5.82. The molecule has 0 aromatic carbocycles. The quantitative estimate of drug-likeness (QED) is 0.651. The van der Waals surface area contributed by atoms with Crippen LogP contribution in [0.4, 0.5) is 0 Å². The molecule has 0 fully saturated rings. The molecule has 0 bridgehead atoms. The summed E-state index contributed by atoms with van der Waals surface area (Å²) in [5, 5.41) is 4.68. The molecular weight excluding hydrogens is 162 g/mol. The average molecular weight is 170 g/mol. The molecule has 0 aliphatic heterocycles. The molecule has 5 heteroatoms. The van der Waals surface area contributed by atoms with Gasteiger partial charge in [-0.3, -0.25) is 0 Å². The molecule has 54 valence electrons. The highest BCUT2D eigenvalue weighted by molar-refractivity contribution is 7.89. The largest absolute Gasteiger partial charge is 0.228 e. The summed E-state index contributed by atoms with van der Waals surface area (Å²) in [6, 6.07) is 0. The highest BCUT2D eigenvalue weighted by atomic mass is 35.5. The molecule has 0 rings (SSSR count). The first-order chi connectivity index (χ1) is 3.95. The van der Waals surface area contributed by atoms with Crippen LogP contribution in [0.3, 0.4) is 0 Å². The first-order valence-corrected chi connectivity index (χ1v) is 4.37. The van der Waals surface area contributed by atoms with E-state index in [2.05, 4.69) is 5.14 Å². The van der Waals surface area contributed by atoms with Crippen LogP contribution in [0, 0.1) is 0 Å². The number of nitrogens with two attached hydrogens (primary N) is 1. The minimum Gasteiger partial charge on any atom is -0.228 e. The summed E-state index contributed by atoms with van der Waals surface area (Å²) in [4.78, 5) is 0. The van der Waals surface area contributed by atoms with Gasteiger partial charge in [0.2, 0.25) is 10.0 Å². The zero-order valence-electron chi connectivity index (χ0n) is 4.96. The lowest BCUT2D eigenvalue weighted by atomic mass is 10.4. The monoisotopic (exact) mass is 169 g/mol. The Kier molecular flexibility index (Phi) is 3.17. The van der Waals surface area contributed by atoms with Crippen molar-refractivity contribution in [1.29, 1.82) is 0 Å². The summed E-state index contributed by atoms with van der Waals surface area (Å²) in [6.45, 7) is 1.59. The molecule has 0 radical (unpaired) electrons. The van der Waals surface area contributed by atoms with Crippen molar-refractivity contribution in [2.45, 2.75) is 6.92 Å². The molecule has 0 unspecified atom stereocenters. The molecule has 9 heavy (non-hydrogen) atoms. The second-order valence-electron chi connectivity index (χ2n) is 1.76. The summed E-state index contributed by atoms with van der Waals surface area (Å²) >= 11 is 5.18. The van der Waals surface area contributed by atoms with E-state index in [4.69, 9.17) is 11.6 Å². The lowest BCUT2D eigenvalue weighted by molar-refractivity contribution is 0.600. The van der Waals surface area contributed by atoms with Crippen LogP contribution >= 0.6 is 11.6 Å². The Morgan fingerprint density at radius 1 is 1.78 bits per heavy atom. The fourth-order valence-electron chi connectivity index (χ4n) is 0.349. The van der Waals surface area contributed by atoms with E-state index in [0.717, 1.165) is 0 Å². The Bertz CT molecular complexity index is 207. The number of primary sulfonamides is 1. The Morgan fingerprint density at radius 3 is 2.33 bits per heavy atom. The molecule has 0 aliphatic rings. The van der Waals surface area contributed by atoms with E-state index < -0.39 is 10.0 Å². The molecule has 0 saturated carbocycles. The first-order valence-electron chi connectivity index (χ1n) is 2.22. The zero-order chi connectivity index (χ0) is 7.49. The zero-order valence-corrected chi connectivity index (χ0v) is 6.54.